The van der Waals surface area contributed by atoms with Gasteiger partial charge in [0.15, 0.2) is 11.5 Å². The van der Waals surface area contributed by atoms with Crippen molar-refractivity contribution in [3.63, 3.8) is 0 Å². The first-order valence-electron chi connectivity index (χ1n) is 7.55. The number of aliphatic hydroxyl groups is 1. The molecule has 6 heteroatoms. The molecule has 0 aliphatic carbocycles. The van der Waals surface area contributed by atoms with Crippen molar-refractivity contribution >= 4 is 28.7 Å². The molecule has 0 bridgehead atoms. The van der Waals surface area contributed by atoms with Gasteiger partial charge in [0, 0.05) is 17.0 Å². The van der Waals surface area contributed by atoms with Gasteiger partial charge in [0.1, 0.15) is 11.9 Å². The van der Waals surface area contributed by atoms with Crippen LogP contribution in [0.1, 0.15) is 29.8 Å². The van der Waals surface area contributed by atoms with Crippen molar-refractivity contribution in [2.75, 3.05) is 4.90 Å². The van der Waals surface area contributed by atoms with Crippen molar-refractivity contribution in [3.05, 3.63) is 63.3 Å². The summed E-state index contributed by atoms with van der Waals surface area (Å²) in [5, 5.41) is 12.2. The largest absolute Gasteiger partial charge is 0.503 e. The molecule has 1 aromatic carbocycles. The Kier molecular flexibility index (Phi) is 4.24. The highest BCUT2D eigenvalue weighted by Crippen LogP contribution is 2.43. The maximum absolute atomic E-state index is 13.2. The number of hydrogen-bond acceptors (Lipinski definition) is 4. The molecule has 1 unspecified atom stereocenters. The monoisotopic (exact) mass is 345 g/mol. The Balaban J connectivity index is 2.18. The van der Waals surface area contributed by atoms with E-state index in [9.17, 15) is 19.1 Å². The van der Waals surface area contributed by atoms with Crippen molar-refractivity contribution in [2.24, 2.45) is 0 Å². The molecule has 1 aromatic heterocycles. The SMILES string of the molecule is CCC(=O)C1=C(O)C(=O)N(c2ccc(F)cc2)C1c1sccc1C. The third-order valence-electron chi connectivity index (χ3n) is 4.08. The summed E-state index contributed by atoms with van der Waals surface area (Å²) < 4.78 is 13.2. The summed E-state index contributed by atoms with van der Waals surface area (Å²) in [6, 6.07) is 6.65. The minimum Gasteiger partial charge on any atom is -0.503 e. The highest BCUT2D eigenvalue weighted by molar-refractivity contribution is 7.10. The van der Waals surface area contributed by atoms with Gasteiger partial charge in [0.05, 0.1) is 5.57 Å². The number of nitrogens with zero attached hydrogens (tertiary/aromatic N) is 1. The van der Waals surface area contributed by atoms with Gasteiger partial charge in [-0.3, -0.25) is 14.5 Å². The number of carbonyl (C=O) groups is 2. The lowest BCUT2D eigenvalue weighted by Crippen LogP contribution is -2.30. The standard InChI is InChI=1S/C18H16FNO3S/c1-3-13(21)14-15(17-10(2)8-9-24-17)20(18(23)16(14)22)12-6-4-11(19)5-7-12/h4-9,15,22H,3H2,1-2H3. The Morgan fingerprint density at radius 1 is 1.29 bits per heavy atom. The Labute approximate surface area is 142 Å². The molecule has 0 radical (unpaired) electrons. The van der Waals surface area contributed by atoms with Crippen LogP contribution in [0.15, 0.2) is 47.0 Å². The molecular formula is C18H16FNO3S. The molecule has 1 aliphatic rings. The van der Waals surface area contributed by atoms with Gasteiger partial charge in [-0.05, 0) is 48.2 Å². The molecule has 0 saturated carbocycles. The summed E-state index contributed by atoms with van der Waals surface area (Å²) in [6.07, 6.45) is 0.185. The number of halogens is 1. The van der Waals surface area contributed by atoms with Crippen molar-refractivity contribution in [3.8, 4) is 0 Å². The molecule has 3 rings (SSSR count). The third kappa shape index (κ3) is 2.53. The van der Waals surface area contributed by atoms with Crippen LogP contribution in [0.4, 0.5) is 10.1 Å². The van der Waals surface area contributed by atoms with Crippen molar-refractivity contribution in [1.82, 2.24) is 0 Å². The summed E-state index contributed by atoms with van der Waals surface area (Å²) in [5.41, 5.74) is 1.48. The lowest BCUT2D eigenvalue weighted by atomic mass is 9.98. The van der Waals surface area contributed by atoms with E-state index in [1.165, 1.54) is 40.5 Å². The summed E-state index contributed by atoms with van der Waals surface area (Å²) >= 11 is 1.42. The number of benzene rings is 1. The first kappa shape index (κ1) is 16.4. The fourth-order valence-corrected chi connectivity index (χ4v) is 3.89. The average Bonchev–Trinajstić information content (AvgIpc) is 3.10. The number of rotatable bonds is 4. The van der Waals surface area contributed by atoms with Gasteiger partial charge in [-0.25, -0.2) is 4.39 Å². The molecular weight excluding hydrogens is 329 g/mol. The molecule has 0 saturated heterocycles. The molecule has 124 valence electrons. The van der Waals surface area contributed by atoms with E-state index in [-0.39, 0.29) is 17.8 Å². The molecule has 4 nitrogen and oxygen atoms in total. The minimum atomic E-state index is -0.685. The van der Waals surface area contributed by atoms with E-state index >= 15 is 0 Å². The second-order valence-corrected chi connectivity index (χ2v) is 6.51. The minimum absolute atomic E-state index is 0.109. The van der Waals surface area contributed by atoms with Crippen LogP contribution in [0.3, 0.4) is 0 Å². The molecule has 2 aromatic rings. The van der Waals surface area contributed by atoms with Crippen molar-refractivity contribution in [1.29, 1.82) is 0 Å². The van der Waals surface area contributed by atoms with Gasteiger partial charge in [0.25, 0.3) is 5.91 Å². The number of Topliss-reactive ketones (excluding diaryl/α,β-unsaturated/α-hetero) is 1. The van der Waals surface area contributed by atoms with Gasteiger partial charge in [-0.2, -0.15) is 0 Å². The third-order valence-corrected chi connectivity index (χ3v) is 5.16. The maximum atomic E-state index is 13.2. The van der Waals surface area contributed by atoms with Crippen LogP contribution in [-0.4, -0.2) is 16.8 Å². The van der Waals surface area contributed by atoms with E-state index in [0.717, 1.165) is 10.4 Å². The molecule has 1 aliphatic heterocycles. The topological polar surface area (TPSA) is 57.6 Å². The average molecular weight is 345 g/mol. The second kappa shape index (κ2) is 6.20. The van der Waals surface area contributed by atoms with Gasteiger partial charge in [-0.15, -0.1) is 11.3 Å². The van der Waals surface area contributed by atoms with Crippen LogP contribution in [0.5, 0.6) is 0 Å². The number of thiophene rings is 1. The zero-order chi connectivity index (χ0) is 17.4. The van der Waals surface area contributed by atoms with Crippen LogP contribution in [-0.2, 0) is 9.59 Å². The van der Waals surface area contributed by atoms with Crippen molar-refractivity contribution in [2.45, 2.75) is 26.3 Å². The van der Waals surface area contributed by atoms with Crippen LogP contribution < -0.4 is 4.90 Å². The second-order valence-electron chi connectivity index (χ2n) is 5.56. The zero-order valence-corrected chi connectivity index (χ0v) is 14.1. The molecule has 1 N–H and O–H groups in total. The molecule has 1 amide bonds. The number of ketones is 1. The molecule has 1 atom stereocenters. The van der Waals surface area contributed by atoms with Crippen molar-refractivity contribution < 1.29 is 19.1 Å². The van der Waals surface area contributed by atoms with E-state index in [1.54, 1.807) is 6.92 Å². The van der Waals surface area contributed by atoms with E-state index in [2.05, 4.69) is 0 Å². The Hall–Kier alpha value is -2.47. The molecule has 2 heterocycles. The number of hydrogen-bond donors (Lipinski definition) is 1. The first-order valence-corrected chi connectivity index (χ1v) is 8.43. The molecule has 0 fully saturated rings. The Bertz CT molecular complexity index is 838. The smallest absolute Gasteiger partial charge is 0.294 e. The number of carbonyl (C=O) groups excluding carboxylic acids is 2. The van der Waals surface area contributed by atoms with Crippen LogP contribution in [0, 0.1) is 12.7 Å². The van der Waals surface area contributed by atoms with Gasteiger partial charge < -0.3 is 5.11 Å². The highest BCUT2D eigenvalue weighted by atomic mass is 32.1. The first-order chi connectivity index (χ1) is 11.5. The Morgan fingerprint density at radius 2 is 1.96 bits per heavy atom. The number of amides is 1. The van der Waals surface area contributed by atoms with E-state index in [0.29, 0.717) is 5.69 Å². The molecule has 24 heavy (non-hydrogen) atoms. The van der Waals surface area contributed by atoms with Crippen LogP contribution >= 0.6 is 11.3 Å². The van der Waals surface area contributed by atoms with Gasteiger partial charge >= 0.3 is 0 Å². The maximum Gasteiger partial charge on any atom is 0.294 e. The predicted molar refractivity (Wildman–Crippen MR) is 90.6 cm³/mol. The van der Waals surface area contributed by atoms with E-state index < -0.39 is 23.5 Å². The summed E-state index contributed by atoms with van der Waals surface area (Å²) in [5.74, 6) is -1.86. The lowest BCUT2D eigenvalue weighted by Gasteiger charge is -2.26. The summed E-state index contributed by atoms with van der Waals surface area (Å²) in [4.78, 5) is 27.2. The highest BCUT2D eigenvalue weighted by Gasteiger charge is 2.44. The predicted octanol–water partition coefficient (Wildman–Crippen LogP) is 4.07. The number of aliphatic hydroxyl groups excluding tert-OH is 1. The van der Waals surface area contributed by atoms with Gasteiger partial charge in [0.2, 0.25) is 0 Å². The number of anilines is 1. The van der Waals surface area contributed by atoms with E-state index in [1.807, 2.05) is 18.4 Å². The Morgan fingerprint density at radius 3 is 2.50 bits per heavy atom. The van der Waals surface area contributed by atoms with Crippen LogP contribution in [0.25, 0.3) is 0 Å². The lowest BCUT2D eigenvalue weighted by molar-refractivity contribution is -0.118. The van der Waals surface area contributed by atoms with Crippen LogP contribution in [0.2, 0.25) is 0 Å². The zero-order valence-electron chi connectivity index (χ0n) is 13.2. The van der Waals surface area contributed by atoms with E-state index in [4.69, 9.17) is 0 Å². The number of aryl methyl sites for hydroxylation is 1. The summed E-state index contributed by atoms with van der Waals surface area (Å²) in [6.45, 7) is 3.58. The normalized spacial score (nSPS) is 17.7. The quantitative estimate of drug-likeness (QED) is 0.908. The fourth-order valence-electron chi connectivity index (χ4n) is 2.86. The van der Waals surface area contributed by atoms with Gasteiger partial charge in [-0.1, -0.05) is 6.92 Å². The fraction of sp³-hybridized carbons (Fsp3) is 0.222. The molecule has 0 spiro atoms. The summed E-state index contributed by atoms with van der Waals surface area (Å²) in [7, 11) is 0.